The number of carbonyl (C=O) groups is 1. The largest absolute Gasteiger partial charge is 0.480 e. The minimum Gasteiger partial charge on any atom is -0.480 e. The van der Waals surface area contributed by atoms with Gasteiger partial charge in [-0.05, 0) is 13.8 Å². The van der Waals surface area contributed by atoms with Crippen LogP contribution in [0.2, 0.25) is 0 Å². The molecule has 0 aliphatic rings. The summed E-state index contributed by atoms with van der Waals surface area (Å²) in [4.78, 5) is 18.8. The van der Waals surface area contributed by atoms with Crippen LogP contribution in [-0.4, -0.2) is 42.6 Å². The Hall–Kier alpha value is -2.71. The van der Waals surface area contributed by atoms with E-state index < -0.39 is 5.97 Å². The molecule has 0 atom stereocenters. The van der Waals surface area contributed by atoms with Crippen LogP contribution < -0.4 is 10.1 Å². The van der Waals surface area contributed by atoms with Gasteiger partial charge in [0.2, 0.25) is 5.88 Å². The molecule has 0 saturated heterocycles. The molecule has 112 valence electrons. The highest BCUT2D eigenvalue weighted by Gasteiger charge is 2.09. The zero-order valence-corrected chi connectivity index (χ0v) is 11.8. The van der Waals surface area contributed by atoms with Gasteiger partial charge in [0, 0.05) is 0 Å². The highest BCUT2D eigenvalue weighted by Crippen LogP contribution is 2.20. The molecule has 0 aliphatic carbocycles. The van der Waals surface area contributed by atoms with E-state index in [1.54, 1.807) is 6.20 Å². The van der Waals surface area contributed by atoms with Gasteiger partial charge in [-0.2, -0.15) is 0 Å². The Morgan fingerprint density at radius 3 is 3.00 bits per heavy atom. The van der Waals surface area contributed by atoms with Crippen molar-refractivity contribution in [2.24, 2.45) is 0 Å². The average Bonchev–Trinajstić information content (AvgIpc) is 2.87. The van der Waals surface area contributed by atoms with Gasteiger partial charge in [-0.25, -0.2) is 14.6 Å². The smallest absolute Gasteiger partial charge is 0.325 e. The first-order valence-corrected chi connectivity index (χ1v) is 6.39. The molecular formula is C12H16N6O3. The quantitative estimate of drug-likeness (QED) is 0.756. The molecular weight excluding hydrogens is 276 g/mol. The van der Waals surface area contributed by atoms with Crippen LogP contribution >= 0.6 is 0 Å². The number of anilines is 1. The predicted molar refractivity (Wildman–Crippen MR) is 72.9 cm³/mol. The summed E-state index contributed by atoms with van der Waals surface area (Å²) in [6.45, 7) is 4.43. The lowest BCUT2D eigenvalue weighted by Crippen LogP contribution is -2.09. The topological polar surface area (TPSA) is 115 Å². The van der Waals surface area contributed by atoms with Gasteiger partial charge >= 0.3 is 5.97 Å². The van der Waals surface area contributed by atoms with E-state index >= 15 is 0 Å². The van der Waals surface area contributed by atoms with E-state index in [-0.39, 0.29) is 6.54 Å². The van der Waals surface area contributed by atoms with Crippen LogP contribution in [0.25, 0.3) is 0 Å². The minimum atomic E-state index is -0.965. The third-order valence-corrected chi connectivity index (χ3v) is 2.64. The SMILES string of the molecule is CCOc1ncnc(NCc2cn(CC(=O)O)nn2)c1C. The number of hydrogen-bond donors (Lipinski definition) is 2. The predicted octanol–water partition coefficient (Wildman–Crippen LogP) is 0.472. The Morgan fingerprint density at radius 2 is 2.29 bits per heavy atom. The maximum atomic E-state index is 10.6. The van der Waals surface area contributed by atoms with Gasteiger partial charge in [-0.15, -0.1) is 5.10 Å². The standard InChI is InChI=1S/C12H16N6O3/c1-3-21-12-8(2)11(14-7-15-12)13-4-9-5-18(17-16-9)6-10(19)20/h5,7H,3-4,6H2,1-2H3,(H,19,20)(H,13,14,15). The normalized spacial score (nSPS) is 10.4. The first-order valence-electron chi connectivity index (χ1n) is 6.39. The highest BCUT2D eigenvalue weighted by atomic mass is 16.5. The number of nitrogens with zero attached hydrogens (tertiary/aromatic N) is 5. The minimum absolute atomic E-state index is 0.214. The number of carboxylic acids is 1. The molecule has 0 unspecified atom stereocenters. The maximum Gasteiger partial charge on any atom is 0.325 e. The highest BCUT2D eigenvalue weighted by molar-refractivity contribution is 5.66. The van der Waals surface area contributed by atoms with Crippen LogP contribution in [-0.2, 0) is 17.9 Å². The van der Waals surface area contributed by atoms with Gasteiger partial charge in [0.15, 0.2) is 0 Å². The Labute approximate surface area is 121 Å². The van der Waals surface area contributed by atoms with Crippen molar-refractivity contribution in [1.82, 2.24) is 25.0 Å². The van der Waals surface area contributed by atoms with Crippen molar-refractivity contribution in [3.05, 3.63) is 23.8 Å². The zero-order chi connectivity index (χ0) is 15.2. The molecule has 2 heterocycles. The molecule has 0 aliphatic heterocycles. The lowest BCUT2D eigenvalue weighted by molar-refractivity contribution is -0.137. The van der Waals surface area contributed by atoms with Crippen molar-refractivity contribution in [3.63, 3.8) is 0 Å². The van der Waals surface area contributed by atoms with E-state index in [4.69, 9.17) is 9.84 Å². The van der Waals surface area contributed by atoms with Crippen LogP contribution in [0, 0.1) is 6.92 Å². The van der Waals surface area contributed by atoms with E-state index in [2.05, 4.69) is 25.6 Å². The van der Waals surface area contributed by atoms with Crippen LogP contribution in [0.4, 0.5) is 5.82 Å². The van der Waals surface area contributed by atoms with Crippen molar-refractivity contribution >= 4 is 11.8 Å². The van der Waals surface area contributed by atoms with Crippen molar-refractivity contribution < 1.29 is 14.6 Å². The van der Waals surface area contributed by atoms with E-state index in [0.717, 1.165) is 5.56 Å². The molecule has 0 radical (unpaired) electrons. The summed E-state index contributed by atoms with van der Waals surface area (Å²) in [5.41, 5.74) is 1.42. The van der Waals surface area contributed by atoms with Crippen molar-refractivity contribution in [2.75, 3.05) is 11.9 Å². The Morgan fingerprint density at radius 1 is 1.48 bits per heavy atom. The molecule has 0 amide bonds. The van der Waals surface area contributed by atoms with Gasteiger partial charge in [-0.1, -0.05) is 5.21 Å². The molecule has 9 heteroatoms. The third kappa shape index (κ3) is 3.88. The van der Waals surface area contributed by atoms with Gasteiger partial charge < -0.3 is 15.2 Å². The summed E-state index contributed by atoms with van der Waals surface area (Å²) in [6.07, 6.45) is 2.99. The fourth-order valence-corrected chi connectivity index (χ4v) is 1.70. The average molecular weight is 292 g/mol. The summed E-state index contributed by atoms with van der Waals surface area (Å²) >= 11 is 0. The summed E-state index contributed by atoms with van der Waals surface area (Å²) in [5.74, 6) is 0.207. The van der Waals surface area contributed by atoms with Crippen LogP contribution in [0.15, 0.2) is 12.5 Å². The lowest BCUT2D eigenvalue weighted by atomic mass is 10.3. The molecule has 0 aromatic carbocycles. The van der Waals surface area contributed by atoms with Gasteiger partial charge in [0.25, 0.3) is 0 Å². The molecule has 21 heavy (non-hydrogen) atoms. The summed E-state index contributed by atoms with van der Waals surface area (Å²) in [5, 5.41) is 19.4. The molecule has 2 rings (SSSR count). The first-order chi connectivity index (χ1) is 10.1. The number of rotatable bonds is 7. The fraction of sp³-hybridized carbons (Fsp3) is 0.417. The molecule has 9 nitrogen and oxygen atoms in total. The monoisotopic (exact) mass is 292 g/mol. The van der Waals surface area contributed by atoms with E-state index in [1.165, 1.54) is 11.0 Å². The van der Waals surface area contributed by atoms with Crippen LogP contribution in [0.5, 0.6) is 5.88 Å². The second-order valence-electron chi connectivity index (χ2n) is 4.24. The second kappa shape index (κ2) is 6.64. The summed E-state index contributed by atoms with van der Waals surface area (Å²) in [7, 11) is 0. The van der Waals surface area contributed by atoms with E-state index in [1.807, 2.05) is 13.8 Å². The number of aromatic nitrogens is 5. The van der Waals surface area contributed by atoms with Crippen molar-refractivity contribution in [1.29, 1.82) is 0 Å². The van der Waals surface area contributed by atoms with Gasteiger partial charge in [0.1, 0.15) is 24.4 Å². The number of hydrogen-bond acceptors (Lipinski definition) is 7. The van der Waals surface area contributed by atoms with Gasteiger partial charge in [0.05, 0.1) is 24.9 Å². The number of aliphatic carboxylic acids is 1. The Kier molecular flexibility index (Phi) is 4.64. The number of carboxylic acid groups (broad SMARTS) is 1. The van der Waals surface area contributed by atoms with Crippen LogP contribution in [0.3, 0.4) is 0 Å². The van der Waals surface area contributed by atoms with Crippen LogP contribution in [0.1, 0.15) is 18.2 Å². The maximum absolute atomic E-state index is 10.6. The third-order valence-electron chi connectivity index (χ3n) is 2.64. The lowest BCUT2D eigenvalue weighted by Gasteiger charge is -2.10. The fourth-order valence-electron chi connectivity index (χ4n) is 1.70. The Bertz CT molecular complexity index is 627. The number of ether oxygens (including phenoxy) is 1. The molecule has 0 spiro atoms. The van der Waals surface area contributed by atoms with Crippen molar-refractivity contribution in [2.45, 2.75) is 26.9 Å². The number of nitrogens with one attached hydrogen (secondary N) is 1. The molecule has 2 aromatic rings. The summed E-state index contributed by atoms with van der Waals surface area (Å²) in [6, 6.07) is 0. The molecule has 2 N–H and O–H groups in total. The first kappa shape index (κ1) is 14.7. The Balaban J connectivity index is 2.01. The summed E-state index contributed by atoms with van der Waals surface area (Å²) < 4.78 is 6.65. The zero-order valence-electron chi connectivity index (χ0n) is 11.8. The van der Waals surface area contributed by atoms with Crippen molar-refractivity contribution in [3.8, 4) is 5.88 Å². The van der Waals surface area contributed by atoms with E-state index in [0.29, 0.717) is 30.5 Å². The molecule has 0 saturated carbocycles. The second-order valence-corrected chi connectivity index (χ2v) is 4.24. The van der Waals surface area contributed by atoms with Gasteiger partial charge in [-0.3, -0.25) is 4.79 Å². The molecule has 0 bridgehead atoms. The molecule has 2 aromatic heterocycles. The molecule has 0 fully saturated rings. The van der Waals surface area contributed by atoms with E-state index in [9.17, 15) is 4.79 Å².